The van der Waals surface area contributed by atoms with Gasteiger partial charge in [-0.25, -0.2) is 4.39 Å². The molecule has 188 valence electrons. The molecule has 3 atom stereocenters. The molecule has 35 heavy (non-hydrogen) atoms. The second-order valence-corrected chi connectivity index (χ2v) is 8.94. The molecule has 0 spiro atoms. The maximum absolute atomic E-state index is 13.4. The molecule has 2 aromatic rings. The molecule has 1 aliphatic rings. The van der Waals surface area contributed by atoms with Crippen LogP contribution in [0.5, 0.6) is 5.75 Å². The molecule has 0 saturated heterocycles. The van der Waals surface area contributed by atoms with Gasteiger partial charge in [0.15, 0.2) is 0 Å². The second-order valence-electron chi connectivity index (χ2n) is 8.94. The van der Waals surface area contributed by atoms with Crippen molar-refractivity contribution in [2.45, 2.75) is 32.9 Å². The van der Waals surface area contributed by atoms with Crippen LogP contribution in [-0.4, -0.2) is 73.5 Å². The highest BCUT2D eigenvalue weighted by Gasteiger charge is 2.29. The molecular formula is C26H32FN3O5. The first-order chi connectivity index (χ1) is 16.6. The number of halogens is 1. The summed E-state index contributed by atoms with van der Waals surface area (Å²) >= 11 is 0. The van der Waals surface area contributed by atoms with Gasteiger partial charge in [-0.15, -0.1) is 0 Å². The number of likely N-dealkylation sites (N-methyl/N-ethyl adjacent to an activating group) is 1. The number of fused-ring (bicyclic) bond motifs is 1. The van der Waals surface area contributed by atoms with Gasteiger partial charge in [-0.05, 0) is 49.4 Å². The Bertz CT molecular complexity index is 1080. The minimum Gasteiger partial charge on any atom is -0.491 e. The van der Waals surface area contributed by atoms with Crippen LogP contribution in [0.3, 0.4) is 0 Å². The van der Waals surface area contributed by atoms with Crippen molar-refractivity contribution in [3.63, 3.8) is 0 Å². The molecule has 0 aliphatic carbocycles. The largest absolute Gasteiger partial charge is 0.491 e. The van der Waals surface area contributed by atoms with Gasteiger partial charge < -0.3 is 24.6 Å². The molecule has 1 aliphatic heterocycles. The Kier molecular flexibility index (Phi) is 8.45. The number of anilines is 1. The Hall–Kier alpha value is -3.46. The first-order valence-electron chi connectivity index (χ1n) is 11.5. The van der Waals surface area contributed by atoms with E-state index in [-0.39, 0.29) is 47.6 Å². The molecule has 0 fully saturated rings. The van der Waals surface area contributed by atoms with Gasteiger partial charge in [0.2, 0.25) is 5.91 Å². The number of ether oxygens (including phenoxy) is 2. The standard InChI is InChI=1S/C26H32FN3O5/c1-16-13-30(18(3)31)17(2)15-35-23-11-10-21(28-25(32)19-6-8-20(27)9-7-19)12-22(23)26(33)29(4)14-24(16)34-5/h6-12,16-17,24H,13-15H2,1-5H3,(H,28,32)/t16-,17+,24-/m1/s1. The van der Waals surface area contributed by atoms with Crippen LogP contribution in [0.1, 0.15) is 41.5 Å². The zero-order chi connectivity index (χ0) is 25.7. The first-order valence-corrected chi connectivity index (χ1v) is 11.5. The smallest absolute Gasteiger partial charge is 0.257 e. The van der Waals surface area contributed by atoms with Crippen molar-refractivity contribution in [3.05, 3.63) is 59.4 Å². The summed E-state index contributed by atoms with van der Waals surface area (Å²) in [4.78, 5) is 41.6. The fourth-order valence-corrected chi connectivity index (χ4v) is 4.10. The summed E-state index contributed by atoms with van der Waals surface area (Å²) in [6.07, 6.45) is -0.289. The summed E-state index contributed by atoms with van der Waals surface area (Å²) in [6, 6.07) is 9.76. The Morgan fingerprint density at radius 3 is 2.43 bits per heavy atom. The topological polar surface area (TPSA) is 88.2 Å². The molecule has 1 heterocycles. The van der Waals surface area contributed by atoms with E-state index in [1.807, 2.05) is 13.8 Å². The van der Waals surface area contributed by atoms with Crippen LogP contribution in [0.2, 0.25) is 0 Å². The molecule has 0 radical (unpaired) electrons. The van der Waals surface area contributed by atoms with E-state index in [0.717, 1.165) is 0 Å². The summed E-state index contributed by atoms with van der Waals surface area (Å²) in [6.45, 7) is 6.38. The van der Waals surface area contributed by atoms with Crippen LogP contribution in [0.25, 0.3) is 0 Å². The van der Waals surface area contributed by atoms with E-state index in [2.05, 4.69) is 5.32 Å². The van der Waals surface area contributed by atoms with Gasteiger partial charge in [0, 0.05) is 51.3 Å². The minimum absolute atomic E-state index is 0.0261. The van der Waals surface area contributed by atoms with Gasteiger partial charge in [-0.1, -0.05) is 6.92 Å². The zero-order valence-corrected chi connectivity index (χ0v) is 20.7. The lowest BCUT2D eigenvalue weighted by Gasteiger charge is -2.35. The lowest BCUT2D eigenvalue weighted by Crippen LogP contribution is -2.48. The van der Waals surface area contributed by atoms with Crippen molar-refractivity contribution < 1.29 is 28.2 Å². The third kappa shape index (κ3) is 6.36. The first kappa shape index (κ1) is 26.2. The number of rotatable bonds is 3. The summed E-state index contributed by atoms with van der Waals surface area (Å²) in [5.74, 6) is -0.902. The number of hydrogen-bond acceptors (Lipinski definition) is 5. The molecule has 1 N–H and O–H groups in total. The number of carbonyl (C=O) groups excluding carboxylic acids is 3. The maximum atomic E-state index is 13.4. The van der Waals surface area contributed by atoms with Gasteiger partial charge in [-0.2, -0.15) is 0 Å². The molecule has 2 aromatic carbocycles. The zero-order valence-electron chi connectivity index (χ0n) is 20.7. The number of methoxy groups -OCH3 is 1. The Morgan fingerprint density at radius 1 is 1.11 bits per heavy atom. The molecule has 0 bridgehead atoms. The highest BCUT2D eigenvalue weighted by atomic mass is 19.1. The Labute approximate surface area is 205 Å². The predicted molar refractivity (Wildman–Crippen MR) is 130 cm³/mol. The highest BCUT2D eigenvalue weighted by Crippen LogP contribution is 2.27. The summed E-state index contributed by atoms with van der Waals surface area (Å²) in [5.41, 5.74) is 0.952. The number of benzene rings is 2. The van der Waals surface area contributed by atoms with Crippen LogP contribution in [0.15, 0.2) is 42.5 Å². The average molecular weight is 486 g/mol. The lowest BCUT2D eigenvalue weighted by molar-refractivity contribution is -0.133. The average Bonchev–Trinajstić information content (AvgIpc) is 2.83. The number of carbonyl (C=O) groups is 3. The second kappa shape index (κ2) is 11.3. The molecule has 0 unspecified atom stereocenters. The predicted octanol–water partition coefficient (Wildman–Crippen LogP) is 3.43. The number of amides is 3. The van der Waals surface area contributed by atoms with Crippen molar-refractivity contribution in [1.82, 2.24) is 9.80 Å². The van der Waals surface area contributed by atoms with Gasteiger partial charge in [0.1, 0.15) is 18.2 Å². The Morgan fingerprint density at radius 2 is 1.80 bits per heavy atom. The minimum atomic E-state index is -0.437. The van der Waals surface area contributed by atoms with Crippen LogP contribution >= 0.6 is 0 Å². The molecule has 0 saturated carbocycles. The SMILES string of the molecule is CO[C@@H]1CN(C)C(=O)c2cc(NC(=O)c3ccc(F)cc3)ccc2OC[C@H](C)N(C(C)=O)C[C@H]1C. The lowest BCUT2D eigenvalue weighted by atomic mass is 10.0. The maximum Gasteiger partial charge on any atom is 0.257 e. The van der Waals surface area contributed by atoms with E-state index in [1.54, 1.807) is 42.2 Å². The summed E-state index contributed by atoms with van der Waals surface area (Å²) in [5, 5.41) is 2.74. The van der Waals surface area contributed by atoms with Gasteiger partial charge in [-0.3, -0.25) is 14.4 Å². The molecule has 0 aromatic heterocycles. The van der Waals surface area contributed by atoms with E-state index in [9.17, 15) is 18.8 Å². The monoisotopic (exact) mass is 485 g/mol. The van der Waals surface area contributed by atoms with Crippen molar-refractivity contribution in [2.75, 3.05) is 39.2 Å². The van der Waals surface area contributed by atoms with Crippen LogP contribution < -0.4 is 10.1 Å². The Balaban J connectivity index is 1.93. The fourth-order valence-electron chi connectivity index (χ4n) is 4.10. The van der Waals surface area contributed by atoms with E-state index in [1.165, 1.54) is 31.2 Å². The van der Waals surface area contributed by atoms with Crippen LogP contribution in [0.4, 0.5) is 10.1 Å². The molecule has 8 nitrogen and oxygen atoms in total. The number of nitrogens with zero attached hydrogens (tertiary/aromatic N) is 2. The van der Waals surface area contributed by atoms with E-state index >= 15 is 0 Å². The van der Waals surface area contributed by atoms with Crippen molar-refractivity contribution in [1.29, 1.82) is 0 Å². The number of nitrogens with one attached hydrogen (secondary N) is 1. The third-order valence-electron chi connectivity index (χ3n) is 6.21. The summed E-state index contributed by atoms with van der Waals surface area (Å²) in [7, 11) is 3.26. The van der Waals surface area contributed by atoms with Crippen LogP contribution in [-0.2, 0) is 9.53 Å². The van der Waals surface area contributed by atoms with E-state index < -0.39 is 11.7 Å². The van der Waals surface area contributed by atoms with Gasteiger partial charge in [0.25, 0.3) is 11.8 Å². The molecular weight excluding hydrogens is 453 g/mol. The molecule has 3 amide bonds. The highest BCUT2D eigenvalue weighted by molar-refractivity contribution is 6.05. The van der Waals surface area contributed by atoms with E-state index in [0.29, 0.717) is 24.5 Å². The molecule has 3 rings (SSSR count). The van der Waals surface area contributed by atoms with E-state index in [4.69, 9.17) is 9.47 Å². The third-order valence-corrected chi connectivity index (χ3v) is 6.21. The van der Waals surface area contributed by atoms with Gasteiger partial charge >= 0.3 is 0 Å². The normalized spacial score (nSPS) is 21.3. The number of hydrogen-bond donors (Lipinski definition) is 1. The van der Waals surface area contributed by atoms with Crippen molar-refractivity contribution in [3.8, 4) is 5.75 Å². The van der Waals surface area contributed by atoms with Crippen molar-refractivity contribution in [2.24, 2.45) is 5.92 Å². The summed E-state index contributed by atoms with van der Waals surface area (Å²) < 4.78 is 24.8. The molecule has 9 heteroatoms. The fraction of sp³-hybridized carbons (Fsp3) is 0.423. The van der Waals surface area contributed by atoms with Gasteiger partial charge in [0.05, 0.1) is 17.7 Å². The quantitative estimate of drug-likeness (QED) is 0.720. The van der Waals surface area contributed by atoms with Crippen molar-refractivity contribution >= 4 is 23.4 Å². The van der Waals surface area contributed by atoms with Crippen LogP contribution in [0, 0.1) is 11.7 Å².